The van der Waals surface area contributed by atoms with Gasteiger partial charge in [-0.15, -0.1) is 11.3 Å². The van der Waals surface area contributed by atoms with E-state index in [4.69, 9.17) is 5.84 Å². The number of nitrogens with zero attached hydrogens (tertiary/aromatic N) is 2. The fourth-order valence-electron chi connectivity index (χ4n) is 1.98. The first kappa shape index (κ1) is 12.8. The van der Waals surface area contributed by atoms with Crippen molar-refractivity contribution < 1.29 is 0 Å². The Morgan fingerprint density at radius 3 is 2.55 bits per heavy atom. The summed E-state index contributed by atoms with van der Waals surface area (Å²) >= 11 is 1.63. The van der Waals surface area contributed by atoms with E-state index in [1.54, 1.807) is 11.3 Å². The van der Waals surface area contributed by atoms with Gasteiger partial charge in [-0.1, -0.05) is 30.3 Å². The fourth-order valence-corrected chi connectivity index (χ4v) is 2.84. The second-order valence-corrected chi connectivity index (χ2v) is 5.32. The molecule has 0 unspecified atom stereocenters. The lowest BCUT2D eigenvalue weighted by atomic mass is 10.1. The summed E-state index contributed by atoms with van der Waals surface area (Å²) in [6, 6.07) is 13.9. The molecular weight excluding hydrogens is 268 g/mol. The summed E-state index contributed by atoms with van der Waals surface area (Å²) in [5.74, 6) is 6.83. The smallest absolute Gasteiger partial charge is 0.172 e. The number of nitrogens with two attached hydrogens (primary N) is 1. The predicted octanol–water partition coefficient (Wildman–Crippen LogP) is 3.47. The van der Waals surface area contributed by atoms with Crippen LogP contribution >= 0.6 is 11.3 Å². The number of nitrogens with one attached hydrogen (secondary N) is 1. The van der Waals surface area contributed by atoms with Crippen molar-refractivity contribution >= 4 is 17.2 Å². The maximum Gasteiger partial charge on any atom is 0.172 e. The maximum absolute atomic E-state index is 5.52. The molecule has 100 valence electrons. The zero-order chi connectivity index (χ0) is 13.9. The van der Waals surface area contributed by atoms with Crippen molar-refractivity contribution in [2.45, 2.75) is 6.92 Å². The molecule has 0 amide bonds. The van der Waals surface area contributed by atoms with E-state index in [9.17, 15) is 0 Å². The van der Waals surface area contributed by atoms with E-state index >= 15 is 0 Å². The molecule has 3 aromatic rings. The highest BCUT2D eigenvalue weighted by atomic mass is 32.1. The Morgan fingerprint density at radius 1 is 1.10 bits per heavy atom. The average molecular weight is 282 g/mol. The molecule has 0 saturated heterocycles. The van der Waals surface area contributed by atoms with Gasteiger partial charge in [0.2, 0.25) is 0 Å². The first-order chi connectivity index (χ1) is 9.78. The minimum Gasteiger partial charge on any atom is -0.308 e. The topological polar surface area (TPSA) is 63.8 Å². The molecule has 4 nitrogen and oxygen atoms in total. The first-order valence-corrected chi connectivity index (χ1v) is 7.11. The SMILES string of the molecule is Cc1ccsc1-c1nc(NN)cc(-c2ccccc2)n1. The molecule has 3 rings (SSSR count). The quantitative estimate of drug-likeness (QED) is 0.570. The summed E-state index contributed by atoms with van der Waals surface area (Å²) < 4.78 is 0. The Balaban J connectivity index is 2.15. The minimum absolute atomic E-state index is 0.613. The molecule has 0 radical (unpaired) electrons. The van der Waals surface area contributed by atoms with E-state index in [2.05, 4.69) is 28.4 Å². The Bertz CT molecular complexity index is 722. The van der Waals surface area contributed by atoms with Crippen LogP contribution in [0.1, 0.15) is 5.56 Å². The number of rotatable bonds is 3. The molecular formula is C15H14N4S. The summed E-state index contributed by atoms with van der Waals surface area (Å²) in [6.45, 7) is 2.06. The van der Waals surface area contributed by atoms with E-state index in [0.29, 0.717) is 11.6 Å². The van der Waals surface area contributed by atoms with Gasteiger partial charge in [0.05, 0.1) is 10.6 Å². The molecule has 3 N–H and O–H groups in total. The number of nitrogen functional groups attached to an aromatic ring is 1. The van der Waals surface area contributed by atoms with Crippen LogP contribution in [0.3, 0.4) is 0 Å². The number of aromatic nitrogens is 2. The molecule has 0 spiro atoms. The summed E-state index contributed by atoms with van der Waals surface area (Å²) in [7, 11) is 0. The van der Waals surface area contributed by atoms with Crippen molar-refractivity contribution in [3.05, 3.63) is 53.4 Å². The van der Waals surface area contributed by atoms with E-state index in [-0.39, 0.29) is 0 Å². The van der Waals surface area contributed by atoms with Gasteiger partial charge in [-0.25, -0.2) is 15.8 Å². The Morgan fingerprint density at radius 2 is 1.90 bits per heavy atom. The largest absolute Gasteiger partial charge is 0.308 e. The average Bonchev–Trinajstić information content (AvgIpc) is 2.94. The molecule has 2 heterocycles. The zero-order valence-corrected chi connectivity index (χ0v) is 11.8. The molecule has 0 aliphatic carbocycles. The van der Waals surface area contributed by atoms with Gasteiger partial charge in [0.15, 0.2) is 5.82 Å². The molecule has 0 atom stereocenters. The lowest BCUT2D eigenvalue weighted by Gasteiger charge is -2.07. The zero-order valence-electron chi connectivity index (χ0n) is 11.0. The van der Waals surface area contributed by atoms with Gasteiger partial charge in [-0.05, 0) is 23.9 Å². The van der Waals surface area contributed by atoms with Crippen molar-refractivity contribution in [1.82, 2.24) is 9.97 Å². The summed E-state index contributed by atoms with van der Waals surface area (Å²) in [5.41, 5.74) is 5.68. The lowest BCUT2D eigenvalue weighted by Crippen LogP contribution is -2.09. The van der Waals surface area contributed by atoms with Crippen molar-refractivity contribution in [3.8, 4) is 22.0 Å². The maximum atomic E-state index is 5.52. The van der Waals surface area contributed by atoms with Gasteiger partial charge in [-0.3, -0.25) is 0 Å². The van der Waals surface area contributed by atoms with Gasteiger partial charge in [0.1, 0.15) is 5.82 Å². The molecule has 0 bridgehead atoms. The molecule has 0 fully saturated rings. The van der Waals surface area contributed by atoms with Crippen molar-refractivity contribution in [2.75, 3.05) is 5.43 Å². The van der Waals surface area contributed by atoms with Crippen LogP contribution in [0.4, 0.5) is 5.82 Å². The number of anilines is 1. The molecule has 0 saturated carbocycles. The Labute approximate surface area is 121 Å². The molecule has 0 aliphatic heterocycles. The third-order valence-corrected chi connectivity index (χ3v) is 4.02. The summed E-state index contributed by atoms with van der Waals surface area (Å²) in [5, 5.41) is 2.04. The molecule has 2 aromatic heterocycles. The van der Waals surface area contributed by atoms with Crippen LogP contribution in [0.2, 0.25) is 0 Å². The Kier molecular flexibility index (Phi) is 3.45. The highest BCUT2D eigenvalue weighted by molar-refractivity contribution is 7.13. The highest BCUT2D eigenvalue weighted by Gasteiger charge is 2.11. The molecule has 1 aromatic carbocycles. The van der Waals surface area contributed by atoms with Crippen LogP contribution in [-0.4, -0.2) is 9.97 Å². The summed E-state index contributed by atoms with van der Waals surface area (Å²) in [6.07, 6.45) is 0. The lowest BCUT2D eigenvalue weighted by molar-refractivity contribution is 1.15. The standard InChI is InChI=1S/C15H14N4S/c1-10-7-8-20-14(10)15-17-12(9-13(18-15)19-16)11-5-3-2-4-6-11/h2-9H,16H2,1H3,(H,17,18,19). The van der Waals surface area contributed by atoms with E-state index < -0.39 is 0 Å². The normalized spacial score (nSPS) is 10.5. The molecule has 5 heteroatoms. The monoisotopic (exact) mass is 282 g/mol. The first-order valence-electron chi connectivity index (χ1n) is 6.23. The number of benzene rings is 1. The third-order valence-electron chi connectivity index (χ3n) is 3.01. The van der Waals surface area contributed by atoms with Crippen LogP contribution in [0, 0.1) is 6.92 Å². The number of hydrogen-bond donors (Lipinski definition) is 2. The minimum atomic E-state index is 0.613. The van der Waals surface area contributed by atoms with E-state index in [1.165, 1.54) is 5.56 Å². The fraction of sp³-hybridized carbons (Fsp3) is 0.0667. The van der Waals surface area contributed by atoms with Crippen molar-refractivity contribution in [2.24, 2.45) is 5.84 Å². The van der Waals surface area contributed by atoms with Crippen LogP contribution in [0.15, 0.2) is 47.8 Å². The molecule has 20 heavy (non-hydrogen) atoms. The third kappa shape index (κ3) is 2.41. The van der Waals surface area contributed by atoms with Crippen LogP contribution in [-0.2, 0) is 0 Å². The highest BCUT2D eigenvalue weighted by Crippen LogP contribution is 2.29. The van der Waals surface area contributed by atoms with Crippen LogP contribution < -0.4 is 11.3 Å². The van der Waals surface area contributed by atoms with Gasteiger partial charge in [-0.2, -0.15) is 0 Å². The summed E-state index contributed by atoms with van der Waals surface area (Å²) in [4.78, 5) is 10.2. The van der Waals surface area contributed by atoms with Gasteiger partial charge >= 0.3 is 0 Å². The number of aryl methyl sites for hydroxylation is 1. The van der Waals surface area contributed by atoms with Crippen molar-refractivity contribution in [1.29, 1.82) is 0 Å². The Hall–Kier alpha value is -2.24. The van der Waals surface area contributed by atoms with Gasteiger partial charge < -0.3 is 5.43 Å². The van der Waals surface area contributed by atoms with Crippen LogP contribution in [0.5, 0.6) is 0 Å². The second-order valence-electron chi connectivity index (χ2n) is 4.41. The molecule has 0 aliphatic rings. The van der Waals surface area contributed by atoms with Gasteiger partial charge in [0.25, 0.3) is 0 Å². The number of hydrogen-bond acceptors (Lipinski definition) is 5. The number of hydrazine groups is 1. The number of thiophene rings is 1. The van der Waals surface area contributed by atoms with E-state index in [1.807, 2.05) is 41.8 Å². The van der Waals surface area contributed by atoms with Crippen molar-refractivity contribution in [3.63, 3.8) is 0 Å². The predicted molar refractivity (Wildman–Crippen MR) is 83.3 cm³/mol. The van der Waals surface area contributed by atoms with Gasteiger partial charge in [0, 0.05) is 11.6 Å². The van der Waals surface area contributed by atoms with E-state index in [0.717, 1.165) is 16.1 Å². The van der Waals surface area contributed by atoms with Crippen LogP contribution in [0.25, 0.3) is 22.0 Å². The second kappa shape index (κ2) is 5.40.